The van der Waals surface area contributed by atoms with Crippen LogP contribution < -0.4 is 5.32 Å². The molecule has 2 heterocycles. The number of hydrogen-bond donors (Lipinski definition) is 2. The van der Waals surface area contributed by atoms with Crippen molar-refractivity contribution in [3.63, 3.8) is 0 Å². The number of amides is 2. The summed E-state index contributed by atoms with van der Waals surface area (Å²) in [6, 6.07) is 3.17. The van der Waals surface area contributed by atoms with E-state index in [1.165, 1.54) is 0 Å². The molecule has 3 rings (SSSR count). The lowest BCUT2D eigenvalue weighted by Crippen LogP contribution is -2.45. The maximum Gasteiger partial charge on any atom is 0.317 e. The Morgan fingerprint density at radius 2 is 2.29 bits per heavy atom. The third-order valence-electron chi connectivity index (χ3n) is 4.29. The monoisotopic (exact) mass is 334 g/mol. The summed E-state index contributed by atoms with van der Waals surface area (Å²) < 4.78 is 26.7. The van der Waals surface area contributed by atoms with Crippen molar-refractivity contribution in [2.45, 2.75) is 25.2 Å². The van der Waals surface area contributed by atoms with Gasteiger partial charge in [0.2, 0.25) is 0 Å². The molecular formula is C17H20F2N4O. The summed E-state index contributed by atoms with van der Waals surface area (Å²) in [6.07, 6.45) is 5.65. The van der Waals surface area contributed by atoms with E-state index in [2.05, 4.69) is 15.3 Å². The first-order chi connectivity index (χ1) is 11.6. The van der Waals surface area contributed by atoms with Crippen LogP contribution in [0.3, 0.4) is 0 Å². The maximum atomic E-state index is 13.6. The zero-order chi connectivity index (χ0) is 16.9. The fourth-order valence-corrected chi connectivity index (χ4v) is 3.04. The molecule has 0 spiro atoms. The Kier molecular flexibility index (Phi) is 5.08. The minimum Gasteiger partial charge on any atom is -0.348 e. The number of aromatic nitrogens is 2. The minimum absolute atomic E-state index is 0.178. The molecule has 1 aromatic carbocycles. The highest BCUT2D eigenvalue weighted by atomic mass is 19.1. The van der Waals surface area contributed by atoms with E-state index in [1.54, 1.807) is 17.3 Å². The molecule has 1 atom stereocenters. The molecule has 1 aliphatic heterocycles. The van der Waals surface area contributed by atoms with Crippen molar-refractivity contribution in [3.8, 4) is 0 Å². The second kappa shape index (κ2) is 7.42. The molecule has 5 nitrogen and oxygen atoms in total. The number of halogens is 2. The van der Waals surface area contributed by atoms with E-state index < -0.39 is 11.6 Å². The van der Waals surface area contributed by atoms with E-state index in [4.69, 9.17) is 0 Å². The van der Waals surface area contributed by atoms with Gasteiger partial charge in [-0.2, -0.15) is 0 Å². The second-order valence-corrected chi connectivity index (χ2v) is 5.98. The number of piperidine rings is 1. The molecule has 0 unspecified atom stereocenters. The van der Waals surface area contributed by atoms with E-state index >= 15 is 0 Å². The van der Waals surface area contributed by atoms with Crippen LogP contribution in [0.25, 0.3) is 0 Å². The van der Waals surface area contributed by atoms with Gasteiger partial charge in [0.25, 0.3) is 0 Å². The second-order valence-electron chi connectivity index (χ2n) is 5.98. The van der Waals surface area contributed by atoms with Gasteiger partial charge in [0, 0.05) is 37.9 Å². The van der Waals surface area contributed by atoms with Gasteiger partial charge in [-0.1, -0.05) is 0 Å². The van der Waals surface area contributed by atoms with Gasteiger partial charge in [-0.15, -0.1) is 0 Å². The number of aromatic amines is 1. The number of carbonyl (C=O) groups is 1. The summed E-state index contributed by atoms with van der Waals surface area (Å²) in [5.74, 6) is 0.172. The van der Waals surface area contributed by atoms with E-state index in [1.807, 2.05) is 0 Å². The average molecular weight is 334 g/mol. The third-order valence-corrected chi connectivity index (χ3v) is 4.29. The number of hydrogen-bond acceptors (Lipinski definition) is 2. The first-order valence-electron chi connectivity index (χ1n) is 8.09. The van der Waals surface area contributed by atoms with E-state index in [-0.39, 0.29) is 30.5 Å². The lowest BCUT2D eigenvalue weighted by Gasteiger charge is -2.31. The van der Waals surface area contributed by atoms with Crippen LogP contribution in [0.4, 0.5) is 13.6 Å². The molecule has 0 bridgehead atoms. The highest BCUT2D eigenvalue weighted by Gasteiger charge is 2.25. The van der Waals surface area contributed by atoms with Crippen molar-refractivity contribution < 1.29 is 13.6 Å². The summed E-state index contributed by atoms with van der Waals surface area (Å²) in [7, 11) is 0. The van der Waals surface area contributed by atoms with Crippen molar-refractivity contribution in [1.29, 1.82) is 0 Å². The zero-order valence-corrected chi connectivity index (χ0v) is 13.3. The van der Waals surface area contributed by atoms with Crippen molar-refractivity contribution in [1.82, 2.24) is 20.2 Å². The number of carbonyl (C=O) groups excluding carboxylic acids is 1. The van der Waals surface area contributed by atoms with Crippen molar-refractivity contribution >= 4 is 6.03 Å². The van der Waals surface area contributed by atoms with Crippen LogP contribution in [-0.2, 0) is 6.42 Å². The molecule has 0 aliphatic carbocycles. The summed E-state index contributed by atoms with van der Waals surface area (Å²) in [4.78, 5) is 21.4. The maximum absolute atomic E-state index is 13.6. The number of nitrogens with zero attached hydrogens (tertiary/aromatic N) is 2. The summed E-state index contributed by atoms with van der Waals surface area (Å²) >= 11 is 0. The molecule has 24 heavy (non-hydrogen) atoms. The predicted molar refractivity (Wildman–Crippen MR) is 85.6 cm³/mol. The topological polar surface area (TPSA) is 61.0 Å². The number of urea groups is 1. The first-order valence-corrected chi connectivity index (χ1v) is 8.09. The van der Waals surface area contributed by atoms with Gasteiger partial charge < -0.3 is 15.2 Å². The standard InChI is InChI=1S/C17H20F2N4O/c18-14-3-4-15(19)12(10-14)5-6-22-17(24)23-9-1-2-13(11-23)16-20-7-8-21-16/h3-4,7-8,10,13H,1-2,5-6,9,11H2,(H,20,21)(H,22,24)/t13-/m1/s1. The van der Waals surface area contributed by atoms with E-state index in [0.29, 0.717) is 13.1 Å². The first kappa shape index (κ1) is 16.4. The van der Waals surface area contributed by atoms with Crippen LogP contribution in [0.5, 0.6) is 0 Å². The van der Waals surface area contributed by atoms with E-state index in [9.17, 15) is 13.6 Å². The molecule has 2 amide bonds. The Labute approximate surface area is 139 Å². The molecule has 1 fully saturated rings. The van der Waals surface area contributed by atoms with E-state index in [0.717, 1.165) is 36.9 Å². The normalized spacial score (nSPS) is 17.8. The van der Waals surface area contributed by atoms with Crippen LogP contribution in [0.2, 0.25) is 0 Å². The molecule has 128 valence electrons. The number of benzene rings is 1. The molecule has 1 saturated heterocycles. The number of H-pyrrole nitrogens is 1. The SMILES string of the molecule is O=C(NCCc1cc(F)ccc1F)N1CCC[C@@H](c2ncc[nH]2)C1. The smallest absolute Gasteiger partial charge is 0.317 e. The highest BCUT2D eigenvalue weighted by Crippen LogP contribution is 2.24. The van der Waals surface area contributed by atoms with Gasteiger partial charge in [-0.25, -0.2) is 18.6 Å². The number of rotatable bonds is 4. The summed E-state index contributed by atoms with van der Waals surface area (Å²) in [5.41, 5.74) is 0.266. The van der Waals surface area contributed by atoms with Crippen molar-refractivity contribution in [2.75, 3.05) is 19.6 Å². The molecular weight excluding hydrogens is 314 g/mol. The molecule has 1 aliphatic rings. The Bertz CT molecular complexity index is 690. The van der Waals surface area contributed by atoms with Gasteiger partial charge in [0.1, 0.15) is 17.5 Å². The molecule has 7 heteroatoms. The zero-order valence-electron chi connectivity index (χ0n) is 13.3. The van der Waals surface area contributed by atoms with Gasteiger partial charge in [0.15, 0.2) is 0 Å². The van der Waals surface area contributed by atoms with Gasteiger partial charge in [-0.3, -0.25) is 0 Å². The molecule has 2 N–H and O–H groups in total. The molecule has 0 radical (unpaired) electrons. The molecule has 0 saturated carbocycles. The fourth-order valence-electron chi connectivity index (χ4n) is 3.04. The Balaban J connectivity index is 1.50. The van der Waals surface area contributed by atoms with Crippen molar-refractivity contribution in [2.24, 2.45) is 0 Å². The number of imidazole rings is 1. The number of likely N-dealkylation sites (tertiary alicyclic amines) is 1. The largest absolute Gasteiger partial charge is 0.348 e. The predicted octanol–water partition coefficient (Wildman–Crippen LogP) is 2.82. The van der Waals surface area contributed by atoms with Crippen LogP contribution in [0.1, 0.15) is 30.1 Å². The van der Waals surface area contributed by atoms with Gasteiger partial charge >= 0.3 is 6.03 Å². The van der Waals surface area contributed by atoms with Crippen LogP contribution in [0.15, 0.2) is 30.6 Å². The highest BCUT2D eigenvalue weighted by molar-refractivity contribution is 5.74. The quantitative estimate of drug-likeness (QED) is 0.903. The van der Waals surface area contributed by atoms with Gasteiger partial charge in [-0.05, 0) is 43.0 Å². The Morgan fingerprint density at radius 3 is 3.08 bits per heavy atom. The van der Waals surface area contributed by atoms with Crippen LogP contribution in [-0.4, -0.2) is 40.5 Å². The number of nitrogens with one attached hydrogen (secondary N) is 2. The Morgan fingerprint density at radius 1 is 1.42 bits per heavy atom. The lowest BCUT2D eigenvalue weighted by atomic mass is 9.98. The fraction of sp³-hybridized carbons (Fsp3) is 0.412. The lowest BCUT2D eigenvalue weighted by molar-refractivity contribution is 0.178. The molecule has 1 aromatic heterocycles. The van der Waals surface area contributed by atoms with Crippen LogP contribution >= 0.6 is 0 Å². The average Bonchev–Trinajstić information content (AvgIpc) is 3.12. The minimum atomic E-state index is -0.477. The van der Waals surface area contributed by atoms with Gasteiger partial charge in [0.05, 0.1) is 0 Å². The van der Waals surface area contributed by atoms with Crippen LogP contribution in [0, 0.1) is 11.6 Å². The summed E-state index contributed by atoms with van der Waals surface area (Å²) in [5, 5.41) is 2.78. The summed E-state index contributed by atoms with van der Waals surface area (Å²) in [6.45, 7) is 1.56. The molecule has 2 aromatic rings. The Hall–Kier alpha value is -2.44. The third kappa shape index (κ3) is 3.90. The van der Waals surface area contributed by atoms with Crippen molar-refractivity contribution in [3.05, 3.63) is 53.6 Å².